The average molecular weight is 454 g/mol. The Labute approximate surface area is 187 Å². The summed E-state index contributed by atoms with van der Waals surface area (Å²) in [5.41, 5.74) is 0.839. The van der Waals surface area contributed by atoms with Crippen molar-refractivity contribution in [3.8, 4) is 0 Å². The molecule has 5 rings (SSSR count). The Hall–Kier alpha value is -3.62. The second-order valence-electron chi connectivity index (χ2n) is 8.47. The number of nitrogens with one attached hydrogen (secondary N) is 2. The molecule has 0 spiro atoms. The van der Waals surface area contributed by atoms with Crippen LogP contribution in [0.4, 0.5) is 23.7 Å². The van der Waals surface area contributed by atoms with E-state index in [0.717, 1.165) is 30.5 Å². The number of nitrogens with zero attached hydrogens (tertiary/aromatic N) is 2. The monoisotopic (exact) mass is 454 g/mol. The molecule has 0 bridgehead atoms. The predicted octanol–water partition coefficient (Wildman–Crippen LogP) is 4.46. The molecule has 3 aromatic rings. The Bertz CT molecular complexity index is 1270. The summed E-state index contributed by atoms with van der Waals surface area (Å²) in [4.78, 5) is 34.7. The van der Waals surface area contributed by atoms with E-state index in [1.165, 1.54) is 17.0 Å². The minimum absolute atomic E-state index is 0.0427. The number of fused-ring (bicyclic) bond motifs is 1. The normalized spacial score (nSPS) is 16.8. The number of H-pyrrole nitrogens is 1. The van der Waals surface area contributed by atoms with Crippen molar-refractivity contribution in [3.63, 3.8) is 0 Å². The molecule has 1 aromatic heterocycles. The van der Waals surface area contributed by atoms with E-state index < -0.39 is 17.8 Å². The lowest BCUT2D eigenvalue weighted by Crippen LogP contribution is -2.42. The molecule has 2 aromatic carbocycles. The maximum atomic E-state index is 12.9. The van der Waals surface area contributed by atoms with Crippen molar-refractivity contribution in [3.05, 3.63) is 93.2 Å². The van der Waals surface area contributed by atoms with Gasteiger partial charge in [0, 0.05) is 18.7 Å². The van der Waals surface area contributed by atoms with Crippen molar-refractivity contribution in [2.24, 2.45) is 0 Å². The number of carbonyl (C=O) groups is 1. The molecule has 2 heterocycles. The zero-order valence-electron chi connectivity index (χ0n) is 17.6. The highest BCUT2D eigenvalue weighted by Gasteiger charge is 2.48. The molecule has 1 fully saturated rings. The highest BCUT2D eigenvalue weighted by Crippen LogP contribution is 2.51. The third-order valence-corrected chi connectivity index (χ3v) is 6.33. The first-order chi connectivity index (χ1) is 15.8. The molecule has 9 heteroatoms. The lowest BCUT2D eigenvalue weighted by molar-refractivity contribution is -0.137. The number of anilines is 1. The van der Waals surface area contributed by atoms with Gasteiger partial charge in [-0.25, -0.2) is 9.78 Å². The summed E-state index contributed by atoms with van der Waals surface area (Å²) in [7, 11) is 0. The van der Waals surface area contributed by atoms with Crippen molar-refractivity contribution in [1.29, 1.82) is 0 Å². The molecule has 0 saturated heterocycles. The Morgan fingerprint density at radius 1 is 1.09 bits per heavy atom. The molecule has 1 saturated carbocycles. The summed E-state index contributed by atoms with van der Waals surface area (Å²) >= 11 is 0. The standard InChI is InChI=1S/C24H21F3N4O2/c25-24(26,27)16-7-4-8-17(13-16)28-22(33)31-12-9-19-18(14-31)20(32)30-21(29-19)23(10-11-23)15-5-2-1-3-6-15/h1-8,13H,9-12,14H2,(H,28,33)(H,29,30,32). The van der Waals surface area contributed by atoms with E-state index in [-0.39, 0.29) is 23.2 Å². The van der Waals surface area contributed by atoms with E-state index in [9.17, 15) is 22.8 Å². The van der Waals surface area contributed by atoms with Gasteiger partial charge in [0.1, 0.15) is 5.82 Å². The fraction of sp³-hybridized carbons (Fsp3) is 0.292. The van der Waals surface area contributed by atoms with E-state index in [1.54, 1.807) is 0 Å². The van der Waals surface area contributed by atoms with Gasteiger partial charge in [0.25, 0.3) is 5.56 Å². The number of benzene rings is 2. The first-order valence-electron chi connectivity index (χ1n) is 10.7. The number of aromatic nitrogens is 2. The summed E-state index contributed by atoms with van der Waals surface area (Å²) in [6, 6.07) is 13.8. The van der Waals surface area contributed by atoms with Crippen LogP contribution in [0.5, 0.6) is 0 Å². The number of aromatic amines is 1. The van der Waals surface area contributed by atoms with E-state index in [2.05, 4.69) is 10.3 Å². The summed E-state index contributed by atoms with van der Waals surface area (Å²) in [5, 5.41) is 2.50. The molecule has 1 aliphatic carbocycles. The van der Waals surface area contributed by atoms with Gasteiger partial charge in [-0.2, -0.15) is 13.2 Å². The molecule has 0 unspecified atom stereocenters. The minimum Gasteiger partial charge on any atom is -0.320 e. The molecule has 0 radical (unpaired) electrons. The van der Waals surface area contributed by atoms with Crippen molar-refractivity contribution in [1.82, 2.24) is 14.9 Å². The largest absolute Gasteiger partial charge is 0.416 e. The van der Waals surface area contributed by atoms with E-state index in [1.807, 2.05) is 30.3 Å². The molecule has 170 valence electrons. The van der Waals surface area contributed by atoms with E-state index >= 15 is 0 Å². The Kier molecular flexibility index (Phi) is 4.99. The van der Waals surface area contributed by atoms with Crippen LogP contribution in [0.15, 0.2) is 59.4 Å². The zero-order valence-corrected chi connectivity index (χ0v) is 17.6. The predicted molar refractivity (Wildman–Crippen MR) is 116 cm³/mol. The second-order valence-corrected chi connectivity index (χ2v) is 8.47. The van der Waals surface area contributed by atoms with Gasteiger partial charge in [-0.05, 0) is 36.6 Å². The lowest BCUT2D eigenvalue weighted by Gasteiger charge is -2.28. The van der Waals surface area contributed by atoms with Gasteiger partial charge in [-0.1, -0.05) is 36.4 Å². The first kappa shape index (κ1) is 21.2. The van der Waals surface area contributed by atoms with Crippen LogP contribution in [0.2, 0.25) is 0 Å². The first-order valence-corrected chi connectivity index (χ1v) is 10.7. The Balaban J connectivity index is 1.35. The van der Waals surface area contributed by atoms with Crippen LogP contribution in [0.25, 0.3) is 0 Å². The number of rotatable bonds is 3. The van der Waals surface area contributed by atoms with Crippen LogP contribution in [0, 0.1) is 0 Å². The van der Waals surface area contributed by atoms with Crippen LogP contribution in [-0.4, -0.2) is 27.4 Å². The number of urea groups is 1. The van der Waals surface area contributed by atoms with Gasteiger partial charge in [-0.3, -0.25) is 4.79 Å². The van der Waals surface area contributed by atoms with Crippen LogP contribution in [0.1, 0.15) is 41.1 Å². The van der Waals surface area contributed by atoms with Gasteiger partial charge in [0.15, 0.2) is 0 Å². The van der Waals surface area contributed by atoms with Crippen LogP contribution in [-0.2, 0) is 24.6 Å². The highest BCUT2D eigenvalue weighted by molar-refractivity contribution is 5.89. The van der Waals surface area contributed by atoms with Crippen molar-refractivity contribution < 1.29 is 18.0 Å². The van der Waals surface area contributed by atoms with Gasteiger partial charge in [-0.15, -0.1) is 0 Å². The summed E-state index contributed by atoms with van der Waals surface area (Å²) < 4.78 is 38.8. The molecular weight excluding hydrogens is 433 g/mol. The molecule has 2 amide bonds. The van der Waals surface area contributed by atoms with Crippen LogP contribution < -0.4 is 10.9 Å². The van der Waals surface area contributed by atoms with Crippen molar-refractivity contribution in [2.75, 3.05) is 11.9 Å². The minimum atomic E-state index is -4.50. The Morgan fingerprint density at radius 2 is 1.85 bits per heavy atom. The number of halogens is 3. The highest BCUT2D eigenvalue weighted by atomic mass is 19.4. The Morgan fingerprint density at radius 3 is 2.55 bits per heavy atom. The number of hydrogen-bond acceptors (Lipinski definition) is 3. The fourth-order valence-corrected chi connectivity index (χ4v) is 4.35. The quantitative estimate of drug-likeness (QED) is 0.614. The molecule has 2 aliphatic rings. The summed E-state index contributed by atoms with van der Waals surface area (Å²) in [6.07, 6.45) is -2.29. The number of amides is 2. The summed E-state index contributed by atoms with van der Waals surface area (Å²) in [5.74, 6) is 0.652. The summed E-state index contributed by atoms with van der Waals surface area (Å²) in [6.45, 7) is 0.354. The van der Waals surface area contributed by atoms with Gasteiger partial charge in [0.05, 0.1) is 28.8 Å². The van der Waals surface area contributed by atoms with Crippen molar-refractivity contribution in [2.45, 2.75) is 37.4 Å². The van der Waals surface area contributed by atoms with Gasteiger partial charge < -0.3 is 15.2 Å². The molecular formula is C24H21F3N4O2. The van der Waals surface area contributed by atoms with Crippen LogP contribution >= 0.6 is 0 Å². The number of hydrogen-bond donors (Lipinski definition) is 2. The smallest absolute Gasteiger partial charge is 0.320 e. The van der Waals surface area contributed by atoms with E-state index in [4.69, 9.17) is 4.98 Å². The van der Waals surface area contributed by atoms with Gasteiger partial charge >= 0.3 is 12.2 Å². The molecule has 6 nitrogen and oxygen atoms in total. The van der Waals surface area contributed by atoms with E-state index in [0.29, 0.717) is 30.0 Å². The average Bonchev–Trinajstić information content (AvgIpc) is 3.61. The molecule has 1 aliphatic heterocycles. The number of alkyl halides is 3. The maximum absolute atomic E-state index is 12.9. The molecule has 33 heavy (non-hydrogen) atoms. The third kappa shape index (κ3) is 3.99. The SMILES string of the molecule is O=C(Nc1cccc(C(F)(F)F)c1)N1CCc2nc(C3(c4ccccc4)CC3)[nH]c(=O)c2C1. The number of carbonyl (C=O) groups excluding carboxylic acids is 1. The maximum Gasteiger partial charge on any atom is 0.416 e. The fourth-order valence-electron chi connectivity index (χ4n) is 4.35. The topological polar surface area (TPSA) is 78.1 Å². The van der Waals surface area contributed by atoms with Crippen molar-refractivity contribution >= 4 is 11.7 Å². The molecule has 0 atom stereocenters. The van der Waals surface area contributed by atoms with Crippen LogP contribution in [0.3, 0.4) is 0 Å². The zero-order chi connectivity index (χ0) is 23.2. The lowest BCUT2D eigenvalue weighted by atomic mass is 9.94. The third-order valence-electron chi connectivity index (χ3n) is 6.33. The molecule has 2 N–H and O–H groups in total. The second kappa shape index (κ2) is 7.75. The van der Waals surface area contributed by atoms with Gasteiger partial charge in [0.2, 0.25) is 0 Å².